The molecule has 1 N–H and O–H groups in total. The number of hydrogen-bond acceptors (Lipinski definition) is 3. The number of rotatable bonds is 12. The fourth-order valence-electron chi connectivity index (χ4n) is 4.69. The Morgan fingerprint density at radius 3 is 2.44 bits per heavy atom. The van der Waals surface area contributed by atoms with Gasteiger partial charge in [-0.2, -0.15) is 0 Å². The lowest BCUT2D eigenvalue weighted by Crippen LogP contribution is -2.25. The van der Waals surface area contributed by atoms with Crippen molar-refractivity contribution in [3.63, 3.8) is 0 Å². The molecule has 0 atom stereocenters. The number of nitrogens with zero attached hydrogens (tertiary/aromatic N) is 1. The third kappa shape index (κ3) is 5.88. The summed E-state index contributed by atoms with van der Waals surface area (Å²) >= 11 is 0. The molecule has 4 nitrogen and oxygen atoms in total. The van der Waals surface area contributed by atoms with Gasteiger partial charge in [-0.15, -0.1) is 0 Å². The molecule has 5 rings (SSSR count). The van der Waals surface area contributed by atoms with Gasteiger partial charge >= 0.3 is 5.97 Å². The van der Waals surface area contributed by atoms with Crippen molar-refractivity contribution < 1.29 is 16.0 Å². The van der Waals surface area contributed by atoms with Gasteiger partial charge < -0.3 is 14.7 Å². The van der Waals surface area contributed by atoms with Crippen LogP contribution in [0, 0.1) is 0 Å². The fraction of sp³-hybridized carbons (Fsp3) is 0.281. The minimum absolute atomic E-state index is 0.205. The van der Waals surface area contributed by atoms with Crippen molar-refractivity contribution in [3.8, 4) is 16.9 Å². The quantitative estimate of drug-likeness (QED) is 0.211. The van der Waals surface area contributed by atoms with E-state index in [2.05, 4.69) is 77.7 Å². The first-order chi connectivity index (χ1) is 18.0. The number of para-hydroxylation sites is 1. The number of aliphatic carboxylic acids is 1. The van der Waals surface area contributed by atoms with Crippen LogP contribution < -0.4 is 9.64 Å². The lowest BCUT2D eigenvalue weighted by atomic mass is 9.98. The van der Waals surface area contributed by atoms with Gasteiger partial charge in [-0.3, -0.25) is 4.79 Å². The molecule has 4 heteroatoms. The van der Waals surface area contributed by atoms with E-state index in [-0.39, 0.29) is 6.42 Å². The van der Waals surface area contributed by atoms with Gasteiger partial charge in [0, 0.05) is 30.2 Å². The largest absolute Gasteiger partial charge is 0.493 e. The van der Waals surface area contributed by atoms with E-state index in [1.165, 1.54) is 21.9 Å². The summed E-state index contributed by atoms with van der Waals surface area (Å²) in [7, 11) is 0. The summed E-state index contributed by atoms with van der Waals surface area (Å²) in [6.07, 6.45) is 4.23. The van der Waals surface area contributed by atoms with Crippen LogP contribution in [0.2, 0.25) is 0 Å². The molecule has 4 aromatic carbocycles. The highest BCUT2D eigenvalue weighted by atomic mass is 16.5. The van der Waals surface area contributed by atoms with Gasteiger partial charge in [0.15, 0.2) is 0 Å². The van der Waals surface area contributed by atoms with Crippen LogP contribution in [0.3, 0.4) is 0 Å². The van der Waals surface area contributed by atoms with Crippen LogP contribution in [-0.4, -0.2) is 23.7 Å². The molecule has 36 heavy (non-hydrogen) atoms. The van der Waals surface area contributed by atoms with Crippen molar-refractivity contribution >= 4 is 22.4 Å². The highest BCUT2D eigenvalue weighted by Gasteiger charge is 2.30. The predicted octanol–water partition coefficient (Wildman–Crippen LogP) is 7.70. The van der Waals surface area contributed by atoms with Crippen LogP contribution in [0.5, 0.6) is 5.75 Å². The Morgan fingerprint density at radius 1 is 0.889 bits per heavy atom. The zero-order valence-corrected chi connectivity index (χ0v) is 20.5. The van der Waals surface area contributed by atoms with E-state index >= 15 is 0 Å². The Labute approximate surface area is 214 Å². The van der Waals surface area contributed by atoms with Gasteiger partial charge in [0.1, 0.15) is 5.75 Å². The van der Waals surface area contributed by atoms with Crippen molar-refractivity contribution in [3.05, 3.63) is 96.6 Å². The number of hydrogen-bond donors (Lipinski definition) is 1. The molecule has 0 saturated heterocycles. The molecule has 0 heterocycles. The Kier molecular flexibility index (Phi) is 7.11. The minimum atomic E-state index is -0.749. The number of anilines is 1. The maximum atomic E-state index is 10.7. The van der Waals surface area contributed by atoms with Crippen LogP contribution in [-0.2, 0) is 11.3 Å². The SMILES string of the molecule is [2H]C1(N(Cc2ccccc2OCCCCCC(=O)O)c2ccc(-c3cccc4ccccc34)cc2)CC1. The maximum absolute atomic E-state index is 10.7. The molecular weight excluding hydrogens is 446 g/mol. The molecule has 1 saturated carbocycles. The summed E-state index contributed by atoms with van der Waals surface area (Å²) < 4.78 is 15.1. The molecular formula is C32H33NO3. The number of carbonyl (C=O) groups is 1. The van der Waals surface area contributed by atoms with Gasteiger partial charge in [0.25, 0.3) is 0 Å². The molecule has 0 spiro atoms. The van der Waals surface area contributed by atoms with E-state index in [0.717, 1.165) is 42.7 Å². The van der Waals surface area contributed by atoms with Crippen molar-refractivity contribution in [2.24, 2.45) is 0 Å². The Hall–Kier alpha value is -3.79. The predicted molar refractivity (Wildman–Crippen MR) is 147 cm³/mol. The lowest BCUT2D eigenvalue weighted by Gasteiger charge is -2.26. The van der Waals surface area contributed by atoms with Gasteiger partial charge in [-0.25, -0.2) is 0 Å². The molecule has 0 amide bonds. The number of ether oxygens (including phenoxy) is 1. The first-order valence-corrected chi connectivity index (χ1v) is 12.8. The van der Waals surface area contributed by atoms with E-state index in [9.17, 15) is 4.79 Å². The smallest absolute Gasteiger partial charge is 0.303 e. The topological polar surface area (TPSA) is 49.8 Å². The maximum Gasteiger partial charge on any atom is 0.303 e. The van der Waals surface area contributed by atoms with E-state index in [1.807, 2.05) is 18.2 Å². The van der Waals surface area contributed by atoms with Crippen LogP contribution in [0.1, 0.15) is 45.5 Å². The standard InChI is InChI=1S/C32H33NO3/c34-32(35)15-2-1-7-22-36-31-14-6-4-10-26(31)23-33(28-20-21-28)27-18-16-25(17-19-27)30-13-8-11-24-9-3-5-12-29(24)30/h3-6,8-14,16-19,28H,1-2,7,15,20-23H2,(H,34,35)/i28D. The Morgan fingerprint density at radius 2 is 1.64 bits per heavy atom. The van der Waals surface area contributed by atoms with E-state index in [0.29, 0.717) is 19.6 Å². The first kappa shape index (κ1) is 22.7. The van der Waals surface area contributed by atoms with Crippen molar-refractivity contribution in [2.75, 3.05) is 11.5 Å². The van der Waals surface area contributed by atoms with Crippen LogP contribution >= 0.6 is 0 Å². The third-order valence-electron chi connectivity index (χ3n) is 6.73. The lowest BCUT2D eigenvalue weighted by molar-refractivity contribution is -0.137. The number of fused-ring (bicyclic) bond motifs is 1. The van der Waals surface area contributed by atoms with Gasteiger partial charge in [0.05, 0.1) is 7.98 Å². The van der Waals surface area contributed by atoms with Crippen molar-refractivity contribution in [2.45, 2.75) is 51.1 Å². The van der Waals surface area contributed by atoms with Gasteiger partial charge in [0.2, 0.25) is 0 Å². The summed E-state index contributed by atoms with van der Waals surface area (Å²) in [6, 6.07) is 30.9. The molecule has 184 valence electrons. The zero-order valence-electron chi connectivity index (χ0n) is 21.5. The molecule has 1 aliphatic rings. The monoisotopic (exact) mass is 480 g/mol. The molecule has 0 aliphatic heterocycles. The number of unbranched alkanes of at least 4 members (excludes halogenated alkanes) is 2. The highest BCUT2D eigenvalue weighted by molar-refractivity contribution is 5.96. The minimum Gasteiger partial charge on any atom is -0.493 e. The molecule has 0 aromatic heterocycles. The average molecular weight is 481 g/mol. The van der Waals surface area contributed by atoms with Crippen LogP contribution in [0.15, 0.2) is 91.0 Å². The molecule has 0 radical (unpaired) electrons. The normalized spacial score (nSPS) is 14.3. The summed E-state index contributed by atoms with van der Waals surface area (Å²) in [5, 5.41) is 11.3. The van der Waals surface area contributed by atoms with Crippen molar-refractivity contribution in [1.29, 1.82) is 0 Å². The molecule has 1 aliphatic carbocycles. The summed E-state index contributed by atoms with van der Waals surface area (Å²) in [5.41, 5.74) is 4.48. The fourth-order valence-corrected chi connectivity index (χ4v) is 4.69. The molecule has 4 aromatic rings. The third-order valence-corrected chi connectivity index (χ3v) is 6.73. The van der Waals surface area contributed by atoms with E-state index in [1.54, 1.807) is 0 Å². The van der Waals surface area contributed by atoms with Crippen LogP contribution in [0.25, 0.3) is 21.9 Å². The average Bonchev–Trinajstić information content (AvgIpc) is 3.67. The highest BCUT2D eigenvalue weighted by Crippen LogP contribution is 2.36. The van der Waals surface area contributed by atoms with Gasteiger partial charge in [-0.1, -0.05) is 72.8 Å². The molecule has 0 bridgehead atoms. The Balaban J connectivity index is 1.32. The number of carboxylic acid groups (broad SMARTS) is 1. The summed E-state index contributed by atoms with van der Waals surface area (Å²) in [4.78, 5) is 12.9. The Bertz CT molecular complexity index is 1360. The van der Waals surface area contributed by atoms with Gasteiger partial charge in [-0.05, 0) is 72.2 Å². The second kappa shape index (κ2) is 11.3. The number of carboxylic acids is 1. The molecule has 1 fully saturated rings. The van der Waals surface area contributed by atoms with Crippen molar-refractivity contribution in [1.82, 2.24) is 0 Å². The zero-order chi connectivity index (χ0) is 25.7. The number of benzene rings is 4. The van der Waals surface area contributed by atoms with E-state index in [4.69, 9.17) is 11.2 Å². The van der Waals surface area contributed by atoms with Crippen LogP contribution in [0.4, 0.5) is 5.69 Å². The second-order valence-electron chi connectivity index (χ2n) is 9.39. The van der Waals surface area contributed by atoms with E-state index < -0.39 is 12.0 Å². The molecule has 0 unspecified atom stereocenters. The summed E-state index contributed by atoms with van der Waals surface area (Å²) in [5.74, 6) is 0.0864. The second-order valence-corrected chi connectivity index (χ2v) is 9.39. The first-order valence-electron chi connectivity index (χ1n) is 13.3. The summed E-state index contributed by atoms with van der Waals surface area (Å²) in [6.45, 7) is 1.16.